The summed E-state index contributed by atoms with van der Waals surface area (Å²) >= 11 is 0. The molecule has 0 radical (unpaired) electrons. The fraction of sp³-hybridized carbons (Fsp3) is 0. The van der Waals surface area contributed by atoms with Crippen molar-refractivity contribution in [2.45, 2.75) is 0 Å². The Kier molecular flexibility index (Phi) is 2.53. The molecule has 0 unspecified atom stereocenters. The molecule has 0 saturated heterocycles. The molecule has 1 rings (SSSR count). The van der Waals surface area contributed by atoms with E-state index in [2.05, 4.69) is 14.0 Å². The molecular weight excluding hydrogens is 186 g/mol. The minimum absolute atomic E-state index is 0.106. The van der Waals surface area contributed by atoms with E-state index in [0.29, 0.717) is 0 Å². The van der Waals surface area contributed by atoms with Gasteiger partial charge in [-0.2, -0.15) is 8.42 Å². The highest BCUT2D eigenvalue weighted by Gasteiger charge is 2.01. The molecule has 12 heavy (non-hydrogen) atoms. The van der Waals surface area contributed by atoms with Crippen LogP contribution in [-0.2, 0) is 10.5 Å². The standard InChI is InChI=1S/C4H3N3O4S/c8-4(7-12(9)10)5-3-1-2-11-6-3/h1-2H,(H,5,6,8). The number of nitrogens with one attached hydrogen (secondary N) is 1. The van der Waals surface area contributed by atoms with Gasteiger partial charge in [-0.05, 0) is 0 Å². The van der Waals surface area contributed by atoms with E-state index in [1.807, 2.05) is 5.32 Å². The van der Waals surface area contributed by atoms with Gasteiger partial charge in [-0.15, -0.1) is 0 Å². The van der Waals surface area contributed by atoms with Gasteiger partial charge in [0.25, 0.3) is 0 Å². The highest BCUT2D eigenvalue weighted by molar-refractivity contribution is 7.62. The largest absolute Gasteiger partial charge is 0.363 e. The lowest BCUT2D eigenvalue weighted by Gasteiger charge is -1.88. The molecule has 0 spiro atoms. The van der Waals surface area contributed by atoms with Gasteiger partial charge in [0.15, 0.2) is 5.82 Å². The topological polar surface area (TPSA) is 102 Å². The van der Waals surface area contributed by atoms with Crippen LogP contribution < -0.4 is 5.32 Å². The molecule has 1 heterocycles. The Hall–Kier alpha value is -1.70. The molecule has 0 aliphatic carbocycles. The first-order valence-corrected chi connectivity index (χ1v) is 3.74. The van der Waals surface area contributed by atoms with Gasteiger partial charge in [-0.3, -0.25) is 5.32 Å². The van der Waals surface area contributed by atoms with Crippen LogP contribution in [0, 0.1) is 0 Å². The average Bonchev–Trinajstić information content (AvgIpc) is 2.37. The summed E-state index contributed by atoms with van der Waals surface area (Å²) in [5.41, 5.74) is 0. The van der Waals surface area contributed by atoms with Gasteiger partial charge in [-0.25, -0.2) is 4.79 Å². The molecule has 0 fully saturated rings. The van der Waals surface area contributed by atoms with Crippen molar-refractivity contribution in [3.63, 3.8) is 0 Å². The Labute approximate surface area is 68.1 Å². The normalized spacial score (nSPS) is 9.00. The number of amides is 2. The molecule has 0 atom stereocenters. The minimum atomic E-state index is -2.75. The number of hydrogen-bond acceptors (Lipinski definition) is 5. The van der Waals surface area contributed by atoms with E-state index in [1.165, 1.54) is 12.3 Å². The van der Waals surface area contributed by atoms with Gasteiger partial charge in [0, 0.05) is 6.07 Å². The molecule has 8 heteroatoms. The van der Waals surface area contributed by atoms with E-state index in [4.69, 9.17) is 0 Å². The molecule has 1 aromatic rings. The van der Waals surface area contributed by atoms with Gasteiger partial charge >= 0.3 is 16.5 Å². The minimum Gasteiger partial charge on any atom is -0.363 e. The highest BCUT2D eigenvalue weighted by Crippen LogP contribution is 2.00. The molecule has 64 valence electrons. The summed E-state index contributed by atoms with van der Waals surface area (Å²) in [5.74, 6) is 0.106. The molecule has 0 aliphatic rings. The molecule has 1 N–H and O–H groups in total. The summed E-state index contributed by atoms with van der Waals surface area (Å²) < 4.78 is 26.7. The van der Waals surface area contributed by atoms with Crippen LogP contribution in [0.1, 0.15) is 0 Å². The molecule has 0 aromatic carbocycles. The van der Waals surface area contributed by atoms with Crippen LogP contribution >= 0.6 is 0 Å². The number of nitrogens with zero attached hydrogens (tertiary/aromatic N) is 2. The van der Waals surface area contributed by atoms with E-state index >= 15 is 0 Å². The van der Waals surface area contributed by atoms with Crippen LogP contribution in [0.25, 0.3) is 0 Å². The lowest BCUT2D eigenvalue weighted by Crippen LogP contribution is -2.05. The van der Waals surface area contributed by atoms with Gasteiger partial charge in [0.1, 0.15) is 6.26 Å². The Morgan fingerprint density at radius 3 is 2.92 bits per heavy atom. The number of carbonyl (C=O) groups excluding carboxylic acids is 1. The maximum absolute atomic E-state index is 10.6. The second-order valence-electron chi connectivity index (χ2n) is 1.62. The number of urea groups is 1. The Morgan fingerprint density at radius 2 is 2.42 bits per heavy atom. The van der Waals surface area contributed by atoms with E-state index in [0.717, 1.165) is 0 Å². The summed E-state index contributed by atoms with van der Waals surface area (Å²) in [4.78, 5) is 10.6. The SMILES string of the molecule is O=C(N=S(=O)=O)Nc1ccon1. The van der Waals surface area contributed by atoms with Crippen molar-refractivity contribution in [1.82, 2.24) is 5.16 Å². The maximum Gasteiger partial charge on any atom is 0.361 e. The smallest absolute Gasteiger partial charge is 0.361 e. The highest BCUT2D eigenvalue weighted by atomic mass is 32.2. The summed E-state index contributed by atoms with van der Waals surface area (Å²) in [6.45, 7) is 0. The van der Waals surface area contributed by atoms with Crippen molar-refractivity contribution in [1.29, 1.82) is 0 Å². The zero-order chi connectivity index (χ0) is 8.97. The van der Waals surface area contributed by atoms with E-state index in [9.17, 15) is 13.2 Å². The Bertz CT molecular complexity index is 384. The van der Waals surface area contributed by atoms with Gasteiger partial charge in [-0.1, -0.05) is 9.52 Å². The van der Waals surface area contributed by atoms with Crippen molar-refractivity contribution < 1.29 is 17.7 Å². The van der Waals surface area contributed by atoms with Gasteiger partial charge in [0.05, 0.1) is 0 Å². The van der Waals surface area contributed by atoms with Crippen LogP contribution in [0.2, 0.25) is 0 Å². The number of rotatable bonds is 1. The number of hydrogen-bond donors (Lipinski definition) is 1. The van der Waals surface area contributed by atoms with Crippen molar-refractivity contribution in [3.8, 4) is 0 Å². The molecule has 0 aliphatic heterocycles. The van der Waals surface area contributed by atoms with E-state index in [-0.39, 0.29) is 5.82 Å². The summed E-state index contributed by atoms with van der Waals surface area (Å²) in [6.07, 6.45) is 1.23. The fourth-order valence-corrected chi connectivity index (χ4v) is 0.658. The zero-order valence-electron chi connectivity index (χ0n) is 5.59. The van der Waals surface area contributed by atoms with E-state index in [1.54, 1.807) is 0 Å². The molecule has 2 amide bonds. The van der Waals surface area contributed by atoms with E-state index < -0.39 is 16.5 Å². The lowest BCUT2D eigenvalue weighted by molar-refractivity contribution is 0.259. The van der Waals surface area contributed by atoms with Crippen molar-refractivity contribution >= 4 is 22.3 Å². The van der Waals surface area contributed by atoms with Crippen LogP contribution in [-0.4, -0.2) is 19.6 Å². The lowest BCUT2D eigenvalue weighted by atomic mass is 10.6. The fourth-order valence-electron chi connectivity index (χ4n) is 0.477. The van der Waals surface area contributed by atoms with Crippen molar-refractivity contribution in [2.24, 2.45) is 4.36 Å². The third-order valence-corrected chi connectivity index (χ3v) is 1.15. The maximum atomic E-state index is 10.6. The van der Waals surface area contributed by atoms with Crippen molar-refractivity contribution in [2.75, 3.05) is 5.32 Å². The Morgan fingerprint density at radius 1 is 1.67 bits per heavy atom. The first-order valence-electron chi connectivity index (χ1n) is 2.71. The second-order valence-corrected chi connectivity index (χ2v) is 2.24. The van der Waals surface area contributed by atoms with Gasteiger partial charge < -0.3 is 4.52 Å². The zero-order valence-corrected chi connectivity index (χ0v) is 6.41. The molecular formula is C4H3N3O4S. The van der Waals surface area contributed by atoms with Crippen LogP contribution in [0.15, 0.2) is 21.2 Å². The second kappa shape index (κ2) is 3.62. The Balaban J connectivity index is 2.66. The van der Waals surface area contributed by atoms with Crippen LogP contribution in [0.4, 0.5) is 10.6 Å². The summed E-state index contributed by atoms with van der Waals surface area (Å²) in [6, 6.07) is 0.332. The molecule has 0 saturated carbocycles. The van der Waals surface area contributed by atoms with Gasteiger partial charge in [0.2, 0.25) is 0 Å². The first kappa shape index (κ1) is 8.40. The average molecular weight is 189 g/mol. The third-order valence-electron chi connectivity index (χ3n) is 0.830. The number of anilines is 1. The predicted molar refractivity (Wildman–Crippen MR) is 36.9 cm³/mol. The molecule has 1 aromatic heterocycles. The van der Waals surface area contributed by atoms with Crippen LogP contribution in [0.3, 0.4) is 0 Å². The summed E-state index contributed by atoms with van der Waals surface area (Å²) in [5, 5.41) is 5.35. The molecule has 0 bridgehead atoms. The van der Waals surface area contributed by atoms with Crippen molar-refractivity contribution in [3.05, 3.63) is 12.3 Å². The predicted octanol–water partition coefficient (Wildman–Crippen LogP) is 0.269. The third kappa shape index (κ3) is 2.50. The number of carbonyl (C=O) groups is 1. The quantitative estimate of drug-likeness (QED) is 0.683. The molecule has 7 nitrogen and oxygen atoms in total. The monoisotopic (exact) mass is 189 g/mol. The number of aromatic nitrogens is 1. The van der Waals surface area contributed by atoms with Crippen LogP contribution in [0.5, 0.6) is 0 Å². The first-order chi connectivity index (χ1) is 5.68. The summed E-state index contributed by atoms with van der Waals surface area (Å²) in [7, 11) is -2.75.